The third-order valence-corrected chi connectivity index (χ3v) is 25.8. The van der Waals surface area contributed by atoms with Gasteiger partial charge in [-0.25, -0.2) is 69.8 Å². The van der Waals surface area contributed by atoms with Gasteiger partial charge in [0.2, 0.25) is 71.1 Å². The van der Waals surface area contributed by atoms with Gasteiger partial charge in [-0.1, -0.05) is 55.4 Å². The van der Waals surface area contributed by atoms with Gasteiger partial charge in [0.25, 0.3) is 11.8 Å². The van der Waals surface area contributed by atoms with Gasteiger partial charge in [0, 0.05) is 270 Å². The van der Waals surface area contributed by atoms with Gasteiger partial charge in [0.05, 0.1) is 37.2 Å². The fourth-order valence-corrected chi connectivity index (χ4v) is 17.5. The van der Waals surface area contributed by atoms with Crippen LogP contribution >= 0.6 is 0 Å². The first kappa shape index (κ1) is 104. The summed E-state index contributed by atoms with van der Waals surface area (Å²) in [6.45, 7) is 41.9. The lowest BCUT2D eigenvalue weighted by molar-refractivity contribution is -0.166. The Morgan fingerprint density at radius 3 is 0.674 bits per heavy atom. The lowest BCUT2D eigenvalue weighted by Gasteiger charge is -2.39. The fourth-order valence-electron chi connectivity index (χ4n) is 17.5. The maximum Gasteiger partial charge on any atom is 0.258 e. The van der Waals surface area contributed by atoms with Crippen molar-refractivity contribution < 1.29 is 63.9 Å². The second-order valence-corrected chi connectivity index (χ2v) is 38.9. The molecule has 16 rings (SSSR count). The fraction of sp³-hybridized carbons (Fsp3) is 0.652. The van der Waals surface area contributed by atoms with Crippen LogP contribution < -0.4 is 41.1 Å². The molecule has 0 radical (unpaired) electrons. The quantitative estimate of drug-likeness (QED) is 0.0232. The Morgan fingerprint density at radius 2 is 0.452 bits per heavy atom. The van der Waals surface area contributed by atoms with Crippen molar-refractivity contribution in [3.05, 3.63) is 92.6 Å². The van der Waals surface area contributed by atoms with E-state index in [2.05, 4.69) is 104 Å². The minimum absolute atomic E-state index is 0.0114. The molecule has 738 valence electrons. The molecule has 2 unspecified atom stereocenters. The molecule has 10 aliphatic rings. The third kappa shape index (κ3) is 32.0. The zero-order valence-corrected chi connectivity index (χ0v) is 80.0. The zero-order chi connectivity index (χ0) is 96.8. The number of anilines is 6. The molecule has 135 heavy (non-hydrogen) atoms. The van der Waals surface area contributed by atoms with Crippen LogP contribution in [0.3, 0.4) is 0 Å². The summed E-state index contributed by atoms with van der Waals surface area (Å²) in [6, 6.07) is 5.47. The summed E-state index contributed by atoms with van der Waals surface area (Å²) in [5.74, 6) is 14.4. The molecule has 6 aromatic heterocycles. The predicted molar refractivity (Wildman–Crippen MR) is 506 cm³/mol. The van der Waals surface area contributed by atoms with E-state index in [0.29, 0.717) is 69.7 Å². The molecule has 43 nitrogen and oxygen atoms in total. The first-order valence-corrected chi connectivity index (χ1v) is 47.5. The molecule has 16 heterocycles. The van der Waals surface area contributed by atoms with Gasteiger partial charge < -0.3 is 54.9 Å². The highest BCUT2D eigenvalue weighted by molar-refractivity contribution is 6.02. The molecule has 0 aromatic carbocycles. The van der Waals surface area contributed by atoms with Gasteiger partial charge in [-0.15, -0.1) is 0 Å². The Labute approximate surface area is 791 Å². The van der Waals surface area contributed by atoms with E-state index in [9.17, 15) is 58.8 Å². The predicted octanol–water partition coefficient (Wildman–Crippen LogP) is 2.22. The van der Waals surface area contributed by atoms with E-state index in [1.54, 1.807) is 69.9 Å². The maximum atomic E-state index is 12.3. The van der Waals surface area contributed by atoms with Crippen molar-refractivity contribution in [3.63, 3.8) is 0 Å². The lowest BCUT2D eigenvalue weighted by Crippen LogP contribution is -2.55. The summed E-state index contributed by atoms with van der Waals surface area (Å²) in [5.41, 5.74) is -1.75. The number of likely N-dealkylation sites (tertiary alicyclic amines) is 4. The van der Waals surface area contributed by atoms with Crippen molar-refractivity contribution in [3.8, 4) is 17.2 Å². The highest BCUT2D eigenvalue weighted by Crippen LogP contribution is 2.36. The number of rotatable bonds is 26. The molecule has 43 heteroatoms. The number of aromatic nitrogens is 12. The molecular weight excluding hydrogens is 1730 g/mol. The van der Waals surface area contributed by atoms with Crippen molar-refractivity contribution in [1.29, 1.82) is 0 Å². The Morgan fingerprint density at radius 1 is 0.267 bits per heavy atom. The molecule has 10 fully saturated rings. The van der Waals surface area contributed by atoms with Crippen molar-refractivity contribution in [2.75, 3.05) is 239 Å². The summed E-state index contributed by atoms with van der Waals surface area (Å²) in [4.78, 5) is 175. The summed E-state index contributed by atoms with van der Waals surface area (Å²) in [5, 5.41) is 51.4. The van der Waals surface area contributed by atoms with Crippen LogP contribution in [0.4, 0.5) is 35.7 Å². The number of nitrogens with zero attached hydrogens (tertiary/aromatic N) is 28. The monoisotopic (exact) mass is 1880 g/mol. The van der Waals surface area contributed by atoms with Crippen LogP contribution in [0.1, 0.15) is 145 Å². The number of aromatic hydroxyl groups is 3. The molecule has 0 aliphatic carbocycles. The average molecular weight is 1880 g/mol. The van der Waals surface area contributed by atoms with Crippen LogP contribution in [0.5, 0.6) is 17.2 Å². The van der Waals surface area contributed by atoms with Crippen molar-refractivity contribution in [2.24, 2.45) is 33.3 Å². The Kier molecular flexibility index (Phi) is 38.7. The standard InChI is InChI=1S/C19H29N5O4.2C19H29N5O3.C19H29N5O2.C8H13N5O.C8H13N5/c1-19(2)11-15(26)24(17(28)16(19)27)6-4-3-5-22-7-9-23(10-8-22)18-20-12-14(25)13-21-18;1-19(2)14-15(25)24(17(27)16(19)26)9-4-3-8-22-10-12-23(13-11-22)18-20-6-5-7-21-18;1-19(2)11-16(26)24(17(27)12-19)6-4-3-5-22-7-9-23(10-8-22)18-20-13-15(25)14-21-18;1-19(2)14-16(25)24(17(26)15-19)9-4-3-8-22-10-12-23(13-11-22)18-20-6-5-7-21-18;9-13-3-1-12(2-4-13)8-10-5-7(14)6-11-8;9-13-6-4-12(5-7-13)8-10-2-1-3-11-8/h12-13,16,25,27H,3-11H2,1-2H3;5-7,16,26H,3-4,8-14H2,1-2H3;13-14,25H,3-12H2,1-2H3;5-7H,3-4,8-15H2,1-2H3;5-6,14H,1-4,9H2;1-3H,4-7,9H2. The third-order valence-electron chi connectivity index (χ3n) is 25.8. The summed E-state index contributed by atoms with van der Waals surface area (Å²) in [7, 11) is 0. The van der Waals surface area contributed by atoms with E-state index in [1.807, 2.05) is 55.8 Å². The van der Waals surface area contributed by atoms with E-state index in [1.165, 1.54) is 56.8 Å². The van der Waals surface area contributed by atoms with Crippen molar-refractivity contribution in [2.45, 2.75) is 157 Å². The van der Waals surface area contributed by atoms with E-state index in [0.717, 1.165) is 252 Å². The molecular formula is C92H142N30O13. The number of aliphatic hydroxyl groups excluding tert-OH is 2. The average Bonchev–Trinajstić information content (AvgIpc) is 0.800. The van der Waals surface area contributed by atoms with E-state index >= 15 is 0 Å². The number of hydrogen-bond acceptors (Lipinski definition) is 39. The number of piperidine rings is 4. The summed E-state index contributed by atoms with van der Waals surface area (Å²) in [6.07, 6.45) is 26.1. The number of hydrogen-bond donors (Lipinski definition) is 7. The Bertz CT molecular complexity index is 4650. The number of piperazine rings is 6. The smallest absolute Gasteiger partial charge is 0.258 e. The number of amides is 8. The number of aliphatic hydroxyl groups is 2. The Hall–Kier alpha value is -11.2. The van der Waals surface area contributed by atoms with Gasteiger partial charge in [-0.3, -0.25) is 89.2 Å². The summed E-state index contributed by atoms with van der Waals surface area (Å²) < 4.78 is 0. The Balaban J connectivity index is 0.000000159. The van der Waals surface area contributed by atoms with E-state index < -0.39 is 34.9 Å². The van der Waals surface area contributed by atoms with Gasteiger partial charge in [0.15, 0.2) is 17.2 Å². The van der Waals surface area contributed by atoms with Crippen molar-refractivity contribution in [1.82, 2.24) is 109 Å². The molecule has 8 amide bonds. The largest absolute Gasteiger partial charge is 0.505 e. The minimum atomic E-state index is -1.11. The molecule has 0 spiro atoms. The zero-order valence-electron chi connectivity index (χ0n) is 80.0. The first-order valence-electron chi connectivity index (χ1n) is 47.5. The number of imide groups is 4. The number of hydrazine groups is 2. The second-order valence-electron chi connectivity index (χ2n) is 38.9. The molecule has 10 aliphatic heterocycles. The maximum absolute atomic E-state index is 12.3. The van der Waals surface area contributed by atoms with Gasteiger partial charge in [-0.2, -0.15) is 0 Å². The van der Waals surface area contributed by atoms with Gasteiger partial charge >= 0.3 is 0 Å². The van der Waals surface area contributed by atoms with Gasteiger partial charge in [-0.05, 0) is 107 Å². The van der Waals surface area contributed by atoms with Crippen LogP contribution in [-0.4, -0.2) is 403 Å². The molecule has 6 aromatic rings. The van der Waals surface area contributed by atoms with Crippen LogP contribution in [0.2, 0.25) is 0 Å². The molecule has 9 N–H and O–H groups in total. The van der Waals surface area contributed by atoms with Crippen molar-refractivity contribution >= 4 is 82.9 Å². The van der Waals surface area contributed by atoms with Crippen LogP contribution in [0, 0.1) is 21.7 Å². The van der Waals surface area contributed by atoms with Gasteiger partial charge in [0.1, 0.15) is 12.2 Å². The lowest BCUT2D eigenvalue weighted by atomic mass is 9.79. The number of carbonyl (C=O) groups is 8. The van der Waals surface area contributed by atoms with E-state index in [4.69, 9.17) is 16.8 Å². The number of carbonyl (C=O) groups excluding carboxylic acids is 8. The first-order chi connectivity index (χ1) is 64.6. The highest BCUT2D eigenvalue weighted by Gasteiger charge is 2.47. The molecule has 2 atom stereocenters. The normalized spacial score (nSPS) is 21.6. The number of unbranched alkanes of at least 4 members (excludes halogenated alkanes) is 4. The van der Waals surface area contributed by atoms with Crippen LogP contribution in [-0.2, 0) is 38.4 Å². The molecule has 0 bridgehead atoms. The minimum Gasteiger partial charge on any atom is -0.505 e. The number of nitrogens with two attached hydrogens (primary N) is 2. The van der Waals surface area contributed by atoms with Crippen LogP contribution in [0.15, 0.2) is 92.6 Å². The SMILES string of the molecule is CC1(C)CC(=O)N(CCCCN2CCN(c3ncc(O)cn3)CC2)C(=O)C1.CC1(C)CC(=O)N(CCCCN2CCN(c3ncc(O)cn3)CC2)C(=O)C1O.CC1(C)CC(=O)N(CCCCN2CCN(c3ncccn3)CC2)C(=O)C1.CC1(C)CC(=O)N(CCCCN2CCN(c3ncccn3)CC2)C(=O)C1O.NN1CCN(c2ncc(O)cn2)CC1.NN1CCN(c2ncccn2)CC1. The topological polar surface area (TPSA) is 496 Å². The molecule has 0 saturated carbocycles. The van der Waals surface area contributed by atoms with E-state index in [-0.39, 0.29) is 76.4 Å². The van der Waals surface area contributed by atoms with Crippen LogP contribution in [0.25, 0.3) is 0 Å². The highest BCUT2D eigenvalue weighted by atomic mass is 16.3. The molecule has 10 saturated heterocycles. The second kappa shape index (κ2) is 50.1. The summed E-state index contributed by atoms with van der Waals surface area (Å²) >= 11 is 0.